The smallest absolute Gasteiger partial charge is 0.0657 e. The van der Waals surface area contributed by atoms with Crippen molar-refractivity contribution in [2.24, 2.45) is 0 Å². The fraction of sp³-hybridized carbons (Fsp3) is 0.0943. The lowest BCUT2D eigenvalue weighted by Crippen LogP contribution is -2.17. The maximum absolute atomic E-state index is 4.05. The molecule has 4 heteroatoms. The SMILES string of the molecule is CC1(C)c2cc(N(c3ccccc3)c3ccc4c(c3)C(Br)c3ccccc3-4)ccc2-c2ccc(N(c3ccccc3)c3ccc4c(c3)C(Br)c3ccccc3-4)cc21. The molecular weight excluding hydrogens is 824 g/mol. The number of anilines is 6. The number of para-hydroxylation sites is 2. The lowest BCUT2D eigenvalue weighted by molar-refractivity contribution is 0.660. The zero-order valence-electron chi connectivity index (χ0n) is 31.6. The quantitative estimate of drug-likeness (QED) is 0.154. The van der Waals surface area contributed by atoms with Crippen molar-refractivity contribution in [3.05, 3.63) is 215 Å². The molecule has 3 aliphatic carbocycles. The summed E-state index contributed by atoms with van der Waals surface area (Å²) in [5.41, 5.74) is 22.4. The molecule has 2 atom stereocenters. The zero-order valence-corrected chi connectivity index (χ0v) is 34.8. The van der Waals surface area contributed by atoms with Gasteiger partial charge >= 0.3 is 0 Å². The summed E-state index contributed by atoms with van der Waals surface area (Å²) in [6.45, 7) is 4.77. The first-order valence-electron chi connectivity index (χ1n) is 19.6. The molecule has 0 aliphatic heterocycles. The van der Waals surface area contributed by atoms with E-state index in [1.54, 1.807) is 0 Å². The van der Waals surface area contributed by atoms with Crippen molar-refractivity contribution in [3.63, 3.8) is 0 Å². The molecule has 0 saturated heterocycles. The summed E-state index contributed by atoms with van der Waals surface area (Å²) in [4.78, 5) is 5.14. The number of halogens is 2. The highest BCUT2D eigenvalue weighted by Crippen LogP contribution is 2.55. The molecule has 0 spiro atoms. The van der Waals surface area contributed by atoms with Gasteiger partial charge in [-0.15, -0.1) is 0 Å². The van der Waals surface area contributed by atoms with Crippen LogP contribution in [-0.4, -0.2) is 0 Å². The third-order valence-electron chi connectivity index (χ3n) is 12.4. The molecule has 0 aromatic heterocycles. The largest absolute Gasteiger partial charge is 0.310 e. The first kappa shape index (κ1) is 34.6. The van der Waals surface area contributed by atoms with Crippen LogP contribution in [0.5, 0.6) is 0 Å². The van der Waals surface area contributed by atoms with Crippen LogP contribution in [0, 0.1) is 0 Å². The molecule has 0 fully saturated rings. The monoisotopic (exact) mass is 860 g/mol. The number of alkyl halides is 2. The number of fused-ring (bicyclic) bond motifs is 9. The van der Waals surface area contributed by atoms with Crippen LogP contribution in [0.15, 0.2) is 182 Å². The van der Waals surface area contributed by atoms with E-state index in [1.807, 2.05) is 0 Å². The van der Waals surface area contributed by atoms with E-state index in [2.05, 4.69) is 237 Å². The molecule has 2 nitrogen and oxygen atoms in total. The Morgan fingerprint density at radius 2 is 0.667 bits per heavy atom. The summed E-state index contributed by atoms with van der Waals surface area (Å²) < 4.78 is 0. The first-order valence-corrected chi connectivity index (χ1v) is 21.4. The molecule has 274 valence electrons. The van der Waals surface area contributed by atoms with Gasteiger partial charge in [0, 0.05) is 39.5 Å². The minimum Gasteiger partial charge on any atom is -0.310 e. The second-order valence-electron chi connectivity index (χ2n) is 15.9. The van der Waals surface area contributed by atoms with E-state index < -0.39 is 0 Å². The summed E-state index contributed by atoms with van der Waals surface area (Å²) in [7, 11) is 0. The zero-order chi connectivity index (χ0) is 38.4. The van der Waals surface area contributed by atoms with Crippen LogP contribution < -0.4 is 9.80 Å². The van der Waals surface area contributed by atoms with Crippen LogP contribution in [-0.2, 0) is 5.41 Å². The van der Waals surface area contributed by atoms with Crippen LogP contribution in [0.4, 0.5) is 34.1 Å². The van der Waals surface area contributed by atoms with Gasteiger partial charge in [-0.2, -0.15) is 0 Å². The maximum atomic E-state index is 4.05. The minimum atomic E-state index is -0.234. The van der Waals surface area contributed by atoms with E-state index >= 15 is 0 Å². The van der Waals surface area contributed by atoms with Crippen LogP contribution in [0.3, 0.4) is 0 Å². The standard InChI is InChI=1S/C53H38Br2N2/c1-53(2)49-31-37(56(33-13-5-3-6-14-33)35-21-25-41-39-17-9-11-19-45(39)51(54)47(41)29-35)23-27-43(49)44-28-24-38(32-50(44)53)57(34-15-7-4-8-16-34)36-22-26-42-40-18-10-12-20-46(40)52(55)48(42)30-36/h3-32,51-52H,1-2H3. The Kier molecular flexibility index (Phi) is 8.00. The minimum absolute atomic E-state index is 0.161. The second kappa shape index (κ2) is 13.2. The molecule has 2 unspecified atom stereocenters. The highest BCUT2D eigenvalue weighted by molar-refractivity contribution is 9.09. The van der Waals surface area contributed by atoms with Crippen molar-refractivity contribution >= 4 is 66.0 Å². The molecule has 0 bridgehead atoms. The molecule has 0 saturated carbocycles. The predicted molar refractivity (Wildman–Crippen MR) is 246 cm³/mol. The summed E-state index contributed by atoms with van der Waals surface area (Å²) in [6, 6.07) is 67.0. The van der Waals surface area contributed by atoms with Crippen LogP contribution in [0.1, 0.15) is 56.9 Å². The van der Waals surface area contributed by atoms with Gasteiger partial charge in [-0.05, 0) is 140 Å². The van der Waals surface area contributed by atoms with Gasteiger partial charge in [0.25, 0.3) is 0 Å². The third-order valence-corrected chi connectivity index (χ3v) is 14.3. The van der Waals surface area contributed by atoms with Gasteiger partial charge in [0.2, 0.25) is 0 Å². The van der Waals surface area contributed by atoms with Crippen molar-refractivity contribution in [1.82, 2.24) is 0 Å². The normalized spacial score (nSPS) is 16.2. The van der Waals surface area contributed by atoms with Gasteiger partial charge in [0.1, 0.15) is 0 Å². The van der Waals surface area contributed by atoms with Gasteiger partial charge < -0.3 is 9.80 Å². The molecule has 8 aromatic rings. The Morgan fingerprint density at radius 3 is 1.09 bits per heavy atom. The van der Waals surface area contributed by atoms with Gasteiger partial charge in [0.05, 0.1) is 9.65 Å². The Bertz CT molecular complexity index is 2690. The molecule has 8 aromatic carbocycles. The van der Waals surface area contributed by atoms with Crippen molar-refractivity contribution in [2.45, 2.75) is 28.9 Å². The highest BCUT2D eigenvalue weighted by atomic mass is 79.9. The third kappa shape index (κ3) is 5.34. The molecule has 0 heterocycles. The summed E-state index contributed by atoms with van der Waals surface area (Å²) in [5.74, 6) is 0. The Labute approximate surface area is 351 Å². The highest BCUT2D eigenvalue weighted by Gasteiger charge is 2.37. The van der Waals surface area contributed by atoms with Crippen LogP contribution in [0.2, 0.25) is 0 Å². The van der Waals surface area contributed by atoms with Gasteiger partial charge in [0.15, 0.2) is 0 Å². The van der Waals surface area contributed by atoms with E-state index in [0.717, 1.165) is 34.1 Å². The van der Waals surface area contributed by atoms with E-state index in [1.165, 1.54) is 66.8 Å². The van der Waals surface area contributed by atoms with E-state index in [9.17, 15) is 0 Å². The number of hydrogen-bond donors (Lipinski definition) is 0. The molecular formula is C53H38Br2N2. The van der Waals surface area contributed by atoms with Crippen molar-refractivity contribution in [3.8, 4) is 33.4 Å². The number of benzene rings is 8. The van der Waals surface area contributed by atoms with Gasteiger partial charge in [-0.25, -0.2) is 0 Å². The Hall–Kier alpha value is -5.68. The van der Waals surface area contributed by atoms with Crippen molar-refractivity contribution in [1.29, 1.82) is 0 Å². The Morgan fingerprint density at radius 1 is 0.333 bits per heavy atom. The summed E-state index contributed by atoms with van der Waals surface area (Å²) in [6.07, 6.45) is 0. The summed E-state index contributed by atoms with van der Waals surface area (Å²) >= 11 is 8.09. The second-order valence-corrected chi connectivity index (χ2v) is 17.7. The van der Waals surface area contributed by atoms with E-state index in [-0.39, 0.29) is 15.1 Å². The molecule has 0 amide bonds. The van der Waals surface area contributed by atoms with Crippen molar-refractivity contribution in [2.75, 3.05) is 9.80 Å². The van der Waals surface area contributed by atoms with Crippen LogP contribution >= 0.6 is 31.9 Å². The van der Waals surface area contributed by atoms with E-state index in [4.69, 9.17) is 0 Å². The van der Waals surface area contributed by atoms with Gasteiger partial charge in [-0.3, -0.25) is 0 Å². The first-order chi connectivity index (χ1) is 27.9. The van der Waals surface area contributed by atoms with Crippen LogP contribution in [0.25, 0.3) is 33.4 Å². The number of hydrogen-bond acceptors (Lipinski definition) is 2. The fourth-order valence-electron chi connectivity index (χ4n) is 9.59. The molecule has 57 heavy (non-hydrogen) atoms. The number of nitrogens with zero attached hydrogens (tertiary/aromatic N) is 2. The Balaban J connectivity index is 1.000. The lowest BCUT2D eigenvalue weighted by Gasteiger charge is -2.29. The average molecular weight is 863 g/mol. The molecule has 3 aliphatic rings. The van der Waals surface area contributed by atoms with Crippen molar-refractivity contribution < 1.29 is 0 Å². The fourth-order valence-corrected chi connectivity index (χ4v) is 11.1. The lowest BCUT2D eigenvalue weighted by atomic mass is 9.82. The number of rotatable bonds is 6. The van der Waals surface area contributed by atoms with E-state index in [0.29, 0.717) is 0 Å². The summed E-state index contributed by atoms with van der Waals surface area (Å²) in [5, 5.41) is 0. The average Bonchev–Trinajstić information content (AvgIpc) is 3.79. The van der Waals surface area contributed by atoms with Gasteiger partial charge in [-0.1, -0.05) is 155 Å². The molecule has 0 N–H and O–H groups in total. The maximum Gasteiger partial charge on any atom is 0.0657 e. The molecule has 0 radical (unpaired) electrons. The molecule has 11 rings (SSSR count). The predicted octanol–water partition coefficient (Wildman–Crippen LogP) is 15.9. The topological polar surface area (TPSA) is 6.48 Å².